The topological polar surface area (TPSA) is 60.9 Å². The Morgan fingerprint density at radius 2 is 1.78 bits per heavy atom. The van der Waals surface area contributed by atoms with Crippen LogP contribution in [0.15, 0.2) is 25.3 Å². The van der Waals surface area contributed by atoms with Gasteiger partial charge in [0.2, 0.25) is 5.91 Å². The lowest BCUT2D eigenvalue weighted by molar-refractivity contribution is -0.138. The number of likely N-dealkylation sites (N-methyl/N-ethyl adjacent to an activating group) is 1. The molecule has 18 heavy (non-hydrogen) atoms. The summed E-state index contributed by atoms with van der Waals surface area (Å²) in [5.41, 5.74) is 0. The maximum Gasteiger partial charge on any atom is 0.304 e. The van der Waals surface area contributed by atoms with Crippen molar-refractivity contribution in [3.05, 3.63) is 25.3 Å². The second-order valence-corrected chi connectivity index (χ2v) is 3.89. The monoisotopic (exact) mass is 254 g/mol. The SMILES string of the molecule is C=CCN(CC=C)C(=O)CN(CC)CCC(=O)O. The van der Waals surface area contributed by atoms with E-state index in [0.29, 0.717) is 26.2 Å². The highest BCUT2D eigenvalue weighted by molar-refractivity contribution is 5.78. The van der Waals surface area contributed by atoms with Crippen LogP contribution in [0.25, 0.3) is 0 Å². The average Bonchev–Trinajstić information content (AvgIpc) is 2.33. The Balaban J connectivity index is 4.32. The van der Waals surface area contributed by atoms with Crippen molar-refractivity contribution in [2.24, 2.45) is 0 Å². The molecule has 5 heteroatoms. The van der Waals surface area contributed by atoms with E-state index >= 15 is 0 Å². The molecule has 0 atom stereocenters. The lowest BCUT2D eigenvalue weighted by Crippen LogP contribution is -2.41. The lowest BCUT2D eigenvalue weighted by Gasteiger charge is -2.24. The van der Waals surface area contributed by atoms with Crippen LogP contribution in [0.3, 0.4) is 0 Å². The predicted molar refractivity (Wildman–Crippen MR) is 71.3 cm³/mol. The van der Waals surface area contributed by atoms with Crippen molar-refractivity contribution in [1.82, 2.24) is 9.80 Å². The van der Waals surface area contributed by atoms with E-state index in [2.05, 4.69) is 13.2 Å². The molecule has 0 aliphatic rings. The summed E-state index contributed by atoms with van der Waals surface area (Å²) in [7, 11) is 0. The molecule has 0 aromatic heterocycles. The molecule has 0 rings (SSSR count). The van der Waals surface area contributed by atoms with Crippen LogP contribution in [0.1, 0.15) is 13.3 Å². The van der Waals surface area contributed by atoms with Crippen molar-refractivity contribution in [3.8, 4) is 0 Å². The Hall–Kier alpha value is -1.62. The van der Waals surface area contributed by atoms with Crippen LogP contribution in [-0.4, -0.2) is 59.5 Å². The number of carbonyl (C=O) groups excluding carboxylic acids is 1. The lowest BCUT2D eigenvalue weighted by atomic mass is 10.3. The van der Waals surface area contributed by atoms with E-state index in [0.717, 1.165) is 0 Å². The van der Waals surface area contributed by atoms with E-state index in [1.54, 1.807) is 17.1 Å². The van der Waals surface area contributed by atoms with E-state index < -0.39 is 5.97 Å². The largest absolute Gasteiger partial charge is 0.481 e. The van der Waals surface area contributed by atoms with Crippen molar-refractivity contribution >= 4 is 11.9 Å². The first-order valence-corrected chi connectivity index (χ1v) is 5.98. The number of carboxylic acids is 1. The van der Waals surface area contributed by atoms with Gasteiger partial charge in [-0.3, -0.25) is 14.5 Å². The average molecular weight is 254 g/mol. The first kappa shape index (κ1) is 16.4. The normalized spacial score (nSPS) is 10.1. The van der Waals surface area contributed by atoms with Crippen molar-refractivity contribution in [2.45, 2.75) is 13.3 Å². The molecule has 0 aromatic rings. The highest BCUT2D eigenvalue weighted by Crippen LogP contribution is 1.97. The standard InChI is InChI=1S/C13H22N2O3/c1-4-8-15(9-5-2)12(16)11-14(6-3)10-7-13(17)18/h4-5H,1-2,6-11H2,3H3,(H,17,18). The van der Waals surface area contributed by atoms with Gasteiger partial charge in [-0.15, -0.1) is 13.2 Å². The molecule has 102 valence electrons. The number of amides is 1. The molecule has 0 saturated heterocycles. The van der Waals surface area contributed by atoms with E-state index in [1.165, 1.54) is 0 Å². The first-order chi connectivity index (χ1) is 8.54. The molecule has 0 aromatic carbocycles. The van der Waals surface area contributed by atoms with Gasteiger partial charge < -0.3 is 10.0 Å². The summed E-state index contributed by atoms with van der Waals surface area (Å²) < 4.78 is 0. The molecule has 0 radical (unpaired) electrons. The second kappa shape index (κ2) is 9.41. The molecule has 0 spiro atoms. The number of carbonyl (C=O) groups is 2. The molecule has 5 nitrogen and oxygen atoms in total. The van der Waals surface area contributed by atoms with Crippen molar-refractivity contribution < 1.29 is 14.7 Å². The van der Waals surface area contributed by atoms with Crippen LogP contribution in [0, 0.1) is 0 Å². The Labute approximate surface area is 108 Å². The molecule has 0 saturated carbocycles. The molecule has 0 heterocycles. The minimum Gasteiger partial charge on any atom is -0.481 e. The van der Waals surface area contributed by atoms with Gasteiger partial charge in [0.25, 0.3) is 0 Å². The van der Waals surface area contributed by atoms with E-state index in [4.69, 9.17) is 5.11 Å². The number of rotatable bonds is 10. The van der Waals surface area contributed by atoms with Crippen LogP contribution < -0.4 is 0 Å². The molecule has 0 bridgehead atoms. The van der Waals surface area contributed by atoms with E-state index in [9.17, 15) is 9.59 Å². The predicted octanol–water partition coefficient (Wildman–Crippen LogP) is 0.984. The van der Waals surface area contributed by atoms with Gasteiger partial charge in [-0.25, -0.2) is 0 Å². The molecule has 0 aliphatic carbocycles. The summed E-state index contributed by atoms with van der Waals surface area (Å²) in [5.74, 6) is -0.892. The fourth-order valence-corrected chi connectivity index (χ4v) is 1.48. The van der Waals surface area contributed by atoms with Gasteiger partial charge in [-0.2, -0.15) is 0 Å². The summed E-state index contributed by atoms with van der Waals surface area (Å²) in [6.45, 7) is 11.3. The quantitative estimate of drug-likeness (QED) is 0.590. The second-order valence-electron chi connectivity index (χ2n) is 3.89. The molecule has 1 N–H and O–H groups in total. The maximum atomic E-state index is 12.0. The Bertz CT molecular complexity index is 293. The van der Waals surface area contributed by atoms with Gasteiger partial charge in [-0.1, -0.05) is 19.1 Å². The van der Waals surface area contributed by atoms with Crippen LogP contribution in [0.2, 0.25) is 0 Å². The number of hydrogen-bond acceptors (Lipinski definition) is 3. The highest BCUT2D eigenvalue weighted by Gasteiger charge is 2.15. The Morgan fingerprint density at radius 1 is 1.22 bits per heavy atom. The molecular formula is C13H22N2O3. The Kier molecular flexibility index (Phi) is 8.57. The van der Waals surface area contributed by atoms with Crippen molar-refractivity contribution in [3.63, 3.8) is 0 Å². The van der Waals surface area contributed by atoms with Gasteiger partial charge in [0.15, 0.2) is 0 Å². The molecule has 0 aliphatic heterocycles. The van der Waals surface area contributed by atoms with Crippen molar-refractivity contribution in [2.75, 3.05) is 32.7 Å². The minimum absolute atomic E-state index is 0.0398. The minimum atomic E-state index is -0.852. The zero-order chi connectivity index (χ0) is 14.0. The zero-order valence-corrected chi connectivity index (χ0v) is 11.0. The zero-order valence-electron chi connectivity index (χ0n) is 11.0. The van der Waals surface area contributed by atoms with E-state index in [1.807, 2.05) is 11.8 Å². The van der Waals surface area contributed by atoms with Gasteiger partial charge in [0, 0.05) is 19.6 Å². The summed E-state index contributed by atoms with van der Waals surface area (Å²) >= 11 is 0. The van der Waals surface area contributed by atoms with Crippen LogP contribution >= 0.6 is 0 Å². The summed E-state index contributed by atoms with van der Waals surface area (Å²) in [5, 5.41) is 8.62. The fourth-order valence-electron chi connectivity index (χ4n) is 1.48. The number of aliphatic carboxylic acids is 1. The van der Waals surface area contributed by atoms with E-state index in [-0.39, 0.29) is 18.9 Å². The molecular weight excluding hydrogens is 232 g/mol. The van der Waals surface area contributed by atoms with Gasteiger partial charge in [0.1, 0.15) is 0 Å². The van der Waals surface area contributed by atoms with Gasteiger partial charge >= 0.3 is 5.97 Å². The van der Waals surface area contributed by atoms with Crippen LogP contribution in [-0.2, 0) is 9.59 Å². The Morgan fingerprint density at radius 3 is 2.17 bits per heavy atom. The third-order valence-electron chi connectivity index (χ3n) is 2.50. The van der Waals surface area contributed by atoms with Crippen LogP contribution in [0.5, 0.6) is 0 Å². The third-order valence-corrected chi connectivity index (χ3v) is 2.50. The number of nitrogens with zero attached hydrogens (tertiary/aromatic N) is 2. The van der Waals surface area contributed by atoms with Crippen LogP contribution in [0.4, 0.5) is 0 Å². The molecule has 0 unspecified atom stereocenters. The summed E-state index contributed by atoms with van der Waals surface area (Å²) in [4.78, 5) is 25.9. The summed E-state index contributed by atoms with van der Waals surface area (Å²) in [6.07, 6.45) is 3.37. The van der Waals surface area contributed by atoms with Crippen molar-refractivity contribution in [1.29, 1.82) is 0 Å². The highest BCUT2D eigenvalue weighted by atomic mass is 16.4. The smallest absolute Gasteiger partial charge is 0.304 e. The first-order valence-electron chi connectivity index (χ1n) is 5.98. The van der Waals surface area contributed by atoms with Gasteiger partial charge in [-0.05, 0) is 6.54 Å². The molecule has 1 amide bonds. The fraction of sp³-hybridized carbons (Fsp3) is 0.538. The molecule has 0 fully saturated rings. The van der Waals surface area contributed by atoms with Gasteiger partial charge in [0.05, 0.1) is 13.0 Å². The summed E-state index contributed by atoms with van der Waals surface area (Å²) in [6, 6.07) is 0. The number of carboxylic acid groups (broad SMARTS) is 1. The third kappa shape index (κ3) is 6.85. The number of hydrogen-bond donors (Lipinski definition) is 1. The maximum absolute atomic E-state index is 12.0.